The van der Waals surface area contributed by atoms with E-state index in [4.69, 9.17) is 14.7 Å². The number of carbonyl (C=O) groups excluding carboxylic acids is 1. The number of fused-ring (bicyclic) bond motifs is 1. The molecule has 1 amide bonds. The fourth-order valence-electron chi connectivity index (χ4n) is 2.66. The first-order valence-electron chi connectivity index (χ1n) is 8.54. The Bertz CT molecular complexity index is 1060. The first kappa shape index (κ1) is 17.3. The molecule has 0 saturated carbocycles. The van der Waals surface area contributed by atoms with Gasteiger partial charge in [0.1, 0.15) is 19.3 Å². The van der Waals surface area contributed by atoms with Gasteiger partial charge in [-0.05, 0) is 36.4 Å². The molecule has 0 bridgehead atoms. The van der Waals surface area contributed by atoms with Gasteiger partial charge in [-0.15, -0.1) is 10.2 Å². The highest BCUT2D eigenvalue weighted by molar-refractivity contribution is 6.03. The lowest BCUT2D eigenvalue weighted by molar-refractivity contribution is 0.102. The summed E-state index contributed by atoms with van der Waals surface area (Å²) in [6.45, 7) is 0.979. The molecule has 2 heterocycles. The van der Waals surface area contributed by atoms with Crippen molar-refractivity contribution in [1.82, 2.24) is 10.2 Å². The van der Waals surface area contributed by atoms with Crippen molar-refractivity contribution in [2.24, 2.45) is 0 Å². The smallest absolute Gasteiger partial charge is 0.276 e. The summed E-state index contributed by atoms with van der Waals surface area (Å²) in [5, 5.41) is 22.9. The Morgan fingerprint density at radius 3 is 2.61 bits per heavy atom. The van der Waals surface area contributed by atoms with Crippen molar-refractivity contribution in [3.63, 3.8) is 0 Å². The molecule has 0 spiro atoms. The second kappa shape index (κ2) is 7.63. The number of carbonyl (C=O) groups is 1. The first-order chi connectivity index (χ1) is 13.7. The van der Waals surface area contributed by atoms with E-state index in [1.165, 1.54) is 0 Å². The highest BCUT2D eigenvalue weighted by Crippen LogP contribution is 2.32. The number of para-hydroxylation sites is 1. The normalized spacial score (nSPS) is 12.0. The van der Waals surface area contributed by atoms with Crippen LogP contribution >= 0.6 is 0 Å². The Labute approximate surface area is 160 Å². The fraction of sp³-hybridized carbons (Fsp3) is 0.100. The van der Waals surface area contributed by atoms with Crippen LogP contribution in [0, 0.1) is 11.3 Å². The van der Waals surface area contributed by atoms with Crippen molar-refractivity contribution in [1.29, 1.82) is 5.26 Å². The van der Waals surface area contributed by atoms with E-state index in [9.17, 15) is 4.79 Å². The molecule has 1 aliphatic heterocycles. The highest BCUT2D eigenvalue weighted by atomic mass is 16.6. The van der Waals surface area contributed by atoms with E-state index in [0.717, 1.165) is 0 Å². The van der Waals surface area contributed by atoms with E-state index in [1.807, 2.05) is 6.07 Å². The minimum atomic E-state index is -0.395. The number of nitrogens with zero attached hydrogens (tertiary/aromatic N) is 3. The summed E-state index contributed by atoms with van der Waals surface area (Å²) in [6.07, 6.45) is 0. The number of aromatic nitrogens is 2. The summed E-state index contributed by atoms with van der Waals surface area (Å²) < 4.78 is 11.0. The molecule has 8 heteroatoms. The number of benzene rings is 2. The van der Waals surface area contributed by atoms with Gasteiger partial charge in [0.15, 0.2) is 23.0 Å². The molecule has 8 nitrogen and oxygen atoms in total. The summed E-state index contributed by atoms with van der Waals surface area (Å²) in [6, 6.07) is 17.5. The molecule has 28 heavy (non-hydrogen) atoms. The van der Waals surface area contributed by atoms with Crippen LogP contribution in [0.1, 0.15) is 16.1 Å². The third-order valence-electron chi connectivity index (χ3n) is 4.01. The molecule has 1 aliphatic rings. The lowest BCUT2D eigenvalue weighted by atomic mass is 10.2. The van der Waals surface area contributed by atoms with Gasteiger partial charge in [-0.3, -0.25) is 4.79 Å². The van der Waals surface area contributed by atoms with Crippen LogP contribution in [0.4, 0.5) is 17.2 Å². The lowest BCUT2D eigenvalue weighted by Gasteiger charge is -2.18. The number of amides is 1. The van der Waals surface area contributed by atoms with Crippen LogP contribution in [0.3, 0.4) is 0 Å². The van der Waals surface area contributed by atoms with E-state index in [1.54, 1.807) is 48.5 Å². The van der Waals surface area contributed by atoms with E-state index in [0.29, 0.717) is 47.5 Å². The largest absolute Gasteiger partial charge is 0.486 e. The number of anilines is 3. The third-order valence-corrected chi connectivity index (χ3v) is 4.01. The maximum Gasteiger partial charge on any atom is 0.276 e. The predicted octanol–water partition coefficient (Wildman–Crippen LogP) is 3.12. The molecule has 0 saturated heterocycles. The first-order valence-corrected chi connectivity index (χ1v) is 8.54. The highest BCUT2D eigenvalue weighted by Gasteiger charge is 2.14. The van der Waals surface area contributed by atoms with Crippen LogP contribution in [-0.2, 0) is 0 Å². The molecule has 3 aromatic rings. The average Bonchev–Trinajstić information content (AvgIpc) is 2.74. The molecule has 0 atom stereocenters. The third kappa shape index (κ3) is 3.68. The minimum absolute atomic E-state index is 0.161. The Morgan fingerprint density at radius 2 is 1.82 bits per heavy atom. The molecule has 4 rings (SSSR count). The molecular weight excluding hydrogens is 358 g/mol. The Hall–Kier alpha value is -4.12. The van der Waals surface area contributed by atoms with Crippen molar-refractivity contribution in [2.75, 3.05) is 23.8 Å². The second-order valence-corrected chi connectivity index (χ2v) is 5.90. The topological polar surface area (TPSA) is 109 Å². The lowest BCUT2D eigenvalue weighted by Crippen LogP contribution is -2.17. The van der Waals surface area contributed by atoms with Gasteiger partial charge in [-0.1, -0.05) is 12.1 Å². The molecule has 0 radical (unpaired) electrons. The standard InChI is InChI=1S/C20H15N5O3/c21-12-13-3-1-2-4-15(13)23-19-8-6-16(24-25-19)20(26)22-14-5-7-17-18(11-14)28-10-9-27-17/h1-8,11H,9-10H2,(H,22,26)(H,23,25). The van der Waals surface area contributed by atoms with Gasteiger partial charge in [-0.25, -0.2) is 0 Å². The van der Waals surface area contributed by atoms with Crippen molar-refractivity contribution >= 4 is 23.1 Å². The van der Waals surface area contributed by atoms with Crippen LogP contribution < -0.4 is 20.1 Å². The van der Waals surface area contributed by atoms with Crippen molar-refractivity contribution < 1.29 is 14.3 Å². The Kier molecular flexibility index (Phi) is 4.72. The maximum atomic E-state index is 12.4. The van der Waals surface area contributed by atoms with Gasteiger partial charge >= 0.3 is 0 Å². The van der Waals surface area contributed by atoms with Gasteiger partial charge in [0.25, 0.3) is 5.91 Å². The summed E-state index contributed by atoms with van der Waals surface area (Å²) in [7, 11) is 0. The number of nitrogens with one attached hydrogen (secondary N) is 2. The number of ether oxygens (including phenoxy) is 2. The van der Waals surface area contributed by atoms with Crippen molar-refractivity contribution in [2.45, 2.75) is 0 Å². The van der Waals surface area contributed by atoms with E-state index >= 15 is 0 Å². The zero-order chi connectivity index (χ0) is 19.3. The van der Waals surface area contributed by atoms with Crippen LogP contribution in [0.5, 0.6) is 11.5 Å². The maximum absolute atomic E-state index is 12.4. The molecular formula is C20H15N5O3. The van der Waals surface area contributed by atoms with Gasteiger partial charge in [0, 0.05) is 11.8 Å². The molecule has 0 fully saturated rings. The molecule has 0 unspecified atom stereocenters. The summed E-state index contributed by atoms with van der Waals surface area (Å²) in [5.41, 5.74) is 1.84. The van der Waals surface area contributed by atoms with Gasteiger partial charge in [0.2, 0.25) is 0 Å². The molecule has 2 aromatic carbocycles. The Morgan fingerprint density at radius 1 is 1.00 bits per heavy atom. The van der Waals surface area contributed by atoms with E-state index in [2.05, 4.69) is 26.9 Å². The quantitative estimate of drug-likeness (QED) is 0.723. The minimum Gasteiger partial charge on any atom is -0.486 e. The zero-order valence-corrected chi connectivity index (χ0v) is 14.7. The summed E-state index contributed by atoms with van der Waals surface area (Å²) >= 11 is 0. The van der Waals surface area contributed by atoms with Gasteiger partial charge in [0.05, 0.1) is 11.3 Å². The van der Waals surface area contributed by atoms with Gasteiger partial charge < -0.3 is 20.1 Å². The van der Waals surface area contributed by atoms with Crippen LogP contribution in [0.15, 0.2) is 54.6 Å². The molecule has 0 aliphatic carbocycles. The van der Waals surface area contributed by atoms with E-state index in [-0.39, 0.29) is 5.69 Å². The SMILES string of the molecule is N#Cc1ccccc1Nc1ccc(C(=O)Nc2ccc3c(c2)OCCO3)nn1. The predicted molar refractivity (Wildman–Crippen MR) is 102 cm³/mol. The number of rotatable bonds is 4. The van der Waals surface area contributed by atoms with E-state index < -0.39 is 5.91 Å². The molecule has 2 N–H and O–H groups in total. The number of hydrogen-bond donors (Lipinski definition) is 2. The van der Waals surface area contributed by atoms with Crippen LogP contribution in [0.25, 0.3) is 0 Å². The summed E-state index contributed by atoms with van der Waals surface area (Å²) in [4.78, 5) is 12.4. The van der Waals surface area contributed by atoms with Crippen LogP contribution in [-0.4, -0.2) is 29.3 Å². The number of nitriles is 1. The van der Waals surface area contributed by atoms with Crippen molar-refractivity contribution in [3.05, 3.63) is 65.9 Å². The Balaban J connectivity index is 1.45. The van der Waals surface area contributed by atoms with Crippen molar-refractivity contribution in [3.8, 4) is 17.6 Å². The average molecular weight is 373 g/mol. The monoisotopic (exact) mass is 373 g/mol. The zero-order valence-electron chi connectivity index (χ0n) is 14.7. The fourth-order valence-corrected chi connectivity index (χ4v) is 2.66. The van der Waals surface area contributed by atoms with Gasteiger partial charge in [-0.2, -0.15) is 5.26 Å². The molecule has 138 valence electrons. The molecule has 1 aromatic heterocycles. The second-order valence-electron chi connectivity index (χ2n) is 5.90. The van der Waals surface area contributed by atoms with Crippen LogP contribution in [0.2, 0.25) is 0 Å². The summed E-state index contributed by atoms with van der Waals surface area (Å²) in [5.74, 6) is 1.27. The number of hydrogen-bond acceptors (Lipinski definition) is 7.